The fourth-order valence-corrected chi connectivity index (χ4v) is 3.59. The molecule has 0 fully saturated rings. The maximum absolute atomic E-state index is 12.9. The second-order valence-corrected chi connectivity index (χ2v) is 8.57. The molecule has 5 N–H and O–H groups in total. The van der Waals surface area contributed by atoms with Gasteiger partial charge in [-0.25, -0.2) is 4.79 Å². The number of carbonyl (C=O) groups excluding carboxylic acids is 3. The molecule has 0 unspecified atom stereocenters. The van der Waals surface area contributed by atoms with Crippen LogP contribution in [0.25, 0.3) is 10.9 Å². The fourth-order valence-electron chi connectivity index (χ4n) is 3.19. The van der Waals surface area contributed by atoms with Crippen molar-refractivity contribution in [2.24, 2.45) is 0 Å². The van der Waals surface area contributed by atoms with Crippen LogP contribution in [0.1, 0.15) is 42.4 Å². The molecule has 0 spiro atoms. The number of aromatic amines is 1. The van der Waals surface area contributed by atoms with Crippen LogP contribution < -0.4 is 16.0 Å². The van der Waals surface area contributed by atoms with Crippen molar-refractivity contribution in [3.8, 4) is 0 Å². The molecular weight excluding hydrogens is 433 g/mol. The monoisotopic (exact) mass is 453 g/mol. The Morgan fingerprint density at radius 3 is 2.60 bits per heavy atom. The average molecular weight is 454 g/mol. The number of H-pyrrole nitrogens is 1. The van der Waals surface area contributed by atoms with Gasteiger partial charge in [-0.15, -0.1) is 0 Å². The third kappa shape index (κ3) is 4.68. The summed E-state index contributed by atoms with van der Waals surface area (Å²) < 4.78 is 5.06. The highest BCUT2D eigenvalue weighted by atomic mass is 35.5. The first-order chi connectivity index (χ1) is 14.0. The van der Waals surface area contributed by atoms with E-state index in [4.69, 9.17) is 33.3 Å². The minimum Gasteiger partial charge on any atom is -0.444 e. The molecule has 3 amide bonds. The maximum Gasteiger partial charge on any atom is 0.414 e. The largest absolute Gasteiger partial charge is 0.444 e. The molecule has 2 aromatic rings. The van der Waals surface area contributed by atoms with Crippen molar-refractivity contribution in [2.45, 2.75) is 39.2 Å². The number of benzene rings is 1. The summed E-state index contributed by atoms with van der Waals surface area (Å²) in [5, 5.41) is 15.9. The van der Waals surface area contributed by atoms with Gasteiger partial charge < -0.3 is 15.0 Å². The lowest BCUT2D eigenvalue weighted by molar-refractivity contribution is -0.120. The van der Waals surface area contributed by atoms with Gasteiger partial charge in [0.25, 0.3) is 5.91 Å². The molecule has 1 aromatic carbocycles. The van der Waals surface area contributed by atoms with Crippen molar-refractivity contribution in [1.29, 1.82) is 5.41 Å². The number of hydrogen-bond acceptors (Lipinski definition) is 5. The molecule has 0 radical (unpaired) electrons. The first-order valence-electron chi connectivity index (χ1n) is 9.14. The Morgan fingerprint density at radius 2 is 1.93 bits per heavy atom. The van der Waals surface area contributed by atoms with Crippen molar-refractivity contribution >= 4 is 58.0 Å². The molecular formula is C19H21Cl2N5O4. The first kappa shape index (κ1) is 21.9. The van der Waals surface area contributed by atoms with Gasteiger partial charge in [-0.1, -0.05) is 23.2 Å². The second-order valence-electron chi connectivity index (χ2n) is 7.78. The van der Waals surface area contributed by atoms with Gasteiger partial charge >= 0.3 is 6.09 Å². The SMILES string of the molecule is CC(C)(C)OC(=O)NC(=N)NC(=O)c1cc(Cl)c(Cl)c2[nH]c3c(c12)CC(=O)NCC3. The van der Waals surface area contributed by atoms with Crippen LogP contribution in [0.15, 0.2) is 6.07 Å². The molecule has 1 aliphatic heterocycles. The molecule has 3 rings (SSSR count). The Bertz CT molecular complexity index is 1070. The molecule has 0 atom stereocenters. The number of hydrogen-bond donors (Lipinski definition) is 5. The lowest BCUT2D eigenvalue weighted by Gasteiger charge is -2.19. The van der Waals surface area contributed by atoms with E-state index in [2.05, 4.69) is 20.9 Å². The zero-order valence-electron chi connectivity index (χ0n) is 16.6. The van der Waals surface area contributed by atoms with Crippen molar-refractivity contribution in [1.82, 2.24) is 20.9 Å². The topological polar surface area (TPSA) is 136 Å². The number of aromatic nitrogens is 1. The molecule has 9 nitrogen and oxygen atoms in total. The highest BCUT2D eigenvalue weighted by Crippen LogP contribution is 2.37. The molecule has 1 aliphatic rings. The van der Waals surface area contributed by atoms with E-state index in [1.807, 2.05) is 0 Å². The number of nitrogens with one attached hydrogen (secondary N) is 5. The van der Waals surface area contributed by atoms with Crippen LogP contribution in [0.3, 0.4) is 0 Å². The summed E-state index contributed by atoms with van der Waals surface area (Å²) in [6.07, 6.45) is -0.263. The molecule has 2 heterocycles. The average Bonchev–Trinajstić information content (AvgIpc) is 2.84. The van der Waals surface area contributed by atoms with Crippen molar-refractivity contribution in [3.05, 3.63) is 32.9 Å². The summed E-state index contributed by atoms with van der Waals surface area (Å²) in [4.78, 5) is 39.9. The normalized spacial score (nSPS) is 13.8. The smallest absolute Gasteiger partial charge is 0.414 e. The van der Waals surface area contributed by atoms with E-state index >= 15 is 0 Å². The van der Waals surface area contributed by atoms with Crippen LogP contribution in [-0.4, -0.2) is 41.0 Å². The summed E-state index contributed by atoms with van der Waals surface area (Å²) >= 11 is 12.5. The van der Waals surface area contributed by atoms with E-state index in [9.17, 15) is 14.4 Å². The highest BCUT2D eigenvalue weighted by Gasteiger charge is 2.26. The van der Waals surface area contributed by atoms with Gasteiger partial charge in [-0.2, -0.15) is 0 Å². The van der Waals surface area contributed by atoms with E-state index < -0.39 is 23.6 Å². The molecule has 0 aliphatic carbocycles. The quantitative estimate of drug-likeness (QED) is 0.334. The first-order valence-corrected chi connectivity index (χ1v) is 9.90. The van der Waals surface area contributed by atoms with Gasteiger partial charge in [0.05, 0.1) is 27.5 Å². The minimum atomic E-state index is -0.876. The maximum atomic E-state index is 12.9. The Hall–Kier alpha value is -2.78. The number of amides is 3. The molecule has 1 aromatic heterocycles. The summed E-state index contributed by atoms with van der Waals surface area (Å²) in [6, 6.07) is 1.37. The molecule has 160 valence electrons. The second kappa shape index (κ2) is 8.16. The number of guanidine groups is 1. The van der Waals surface area contributed by atoms with Crippen LogP contribution in [0.5, 0.6) is 0 Å². The zero-order valence-corrected chi connectivity index (χ0v) is 18.1. The van der Waals surface area contributed by atoms with Gasteiger partial charge in [0, 0.05) is 24.0 Å². The van der Waals surface area contributed by atoms with Crippen LogP contribution >= 0.6 is 23.2 Å². The Morgan fingerprint density at radius 1 is 1.23 bits per heavy atom. The lowest BCUT2D eigenvalue weighted by atomic mass is 10.0. The van der Waals surface area contributed by atoms with Crippen LogP contribution in [0.2, 0.25) is 10.0 Å². The Balaban J connectivity index is 1.93. The predicted octanol–water partition coefficient (Wildman–Crippen LogP) is 2.88. The standard InChI is InChI=1S/C19H21Cl2N5O4/c1-19(2,3)30-18(29)26-17(22)25-16(28)9-6-10(20)14(21)15-13(9)8-7-12(27)23-5-4-11(8)24-15/h6,24H,4-5,7H2,1-3H3,(H,23,27)(H3,22,25,26,28,29). The highest BCUT2D eigenvalue weighted by molar-refractivity contribution is 6.46. The van der Waals surface area contributed by atoms with E-state index in [0.717, 1.165) is 5.69 Å². The van der Waals surface area contributed by atoms with Crippen LogP contribution in [0, 0.1) is 5.41 Å². The third-order valence-corrected chi connectivity index (χ3v) is 5.09. The zero-order chi connectivity index (χ0) is 22.2. The van der Waals surface area contributed by atoms with Crippen molar-refractivity contribution in [2.75, 3.05) is 6.54 Å². The molecule has 11 heteroatoms. The Kier molecular flexibility index (Phi) is 5.96. The third-order valence-electron chi connectivity index (χ3n) is 4.31. The molecule has 30 heavy (non-hydrogen) atoms. The van der Waals surface area contributed by atoms with Gasteiger partial charge in [0.15, 0.2) is 0 Å². The van der Waals surface area contributed by atoms with Crippen LogP contribution in [-0.2, 0) is 22.4 Å². The summed E-state index contributed by atoms with van der Waals surface area (Å²) in [6.45, 7) is 5.48. The minimum absolute atomic E-state index is 0.0706. The summed E-state index contributed by atoms with van der Waals surface area (Å²) in [5.74, 6) is -1.43. The number of ether oxygens (including phenoxy) is 1. The van der Waals surface area contributed by atoms with E-state index in [1.165, 1.54) is 6.07 Å². The van der Waals surface area contributed by atoms with Gasteiger partial charge in [0.1, 0.15) is 5.60 Å². The number of alkyl carbamates (subject to hydrolysis) is 1. The molecule has 0 bridgehead atoms. The van der Waals surface area contributed by atoms with Crippen molar-refractivity contribution in [3.63, 3.8) is 0 Å². The molecule has 0 saturated carbocycles. The number of rotatable bonds is 1. The lowest BCUT2D eigenvalue weighted by Crippen LogP contribution is -2.45. The summed E-state index contributed by atoms with van der Waals surface area (Å²) in [5.41, 5.74) is 1.25. The van der Waals surface area contributed by atoms with E-state index in [-0.39, 0.29) is 27.9 Å². The number of carbonyl (C=O) groups is 3. The number of halogens is 2. The van der Waals surface area contributed by atoms with E-state index in [1.54, 1.807) is 20.8 Å². The van der Waals surface area contributed by atoms with Gasteiger partial charge in [0.2, 0.25) is 11.9 Å². The Labute approximate surface area is 182 Å². The molecule has 0 saturated heterocycles. The van der Waals surface area contributed by atoms with Gasteiger partial charge in [-0.3, -0.25) is 25.6 Å². The predicted molar refractivity (Wildman–Crippen MR) is 113 cm³/mol. The summed E-state index contributed by atoms with van der Waals surface area (Å²) in [7, 11) is 0. The van der Waals surface area contributed by atoms with E-state index in [0.29, 0.717) is 29.4 Å². The van der Waals surface area contributed by atoms with Crippen LogP contribution in [0.4, 0.5) is 4.79 Å². The number of fused-ring (bicyclic) bond motifs is 3. The van der Waals surface area contributed by atoms with Crippen molar-refractivity contribution < 1.29 is 19.1 Å². The van der Waals surface area contributed by atoms with Gasteiger partial charge in [-0.05, 0) is 32.4 Å². The fraction of sp³-hybridized carbons (Fsp3) is 0.368.